The molecule has 0 amide bonds. The summed E-state index contributed by atoms with van der Waals surface area (Å²) in [5.41, 5.74) is 4.70. The Bertz CT molecular complexity index is 949. The van der Waals surface area contributed by atoms with Gasteiger partial charge in [-0.15, -0.1) is 0 Å². The minimum Gasteiger partial charge on any atom is -0.289 e. The first-order chi connectivity index (χ1) is 12.4. The molecule has 1 nitrogen and oxygen atoms in total. The molecule has 0 saturated heterocycles. The van der Waals surface area contributed by atoms with Crippen LogP contribution in [0.1, 0.15) is 68.6 Å². The predicted molar refractivity (Wildman–Crippen MR) is 121 cm³/mol. The normalized spacial score (nSPS) is 19.3. The maximum absolute atomic E-state index is 12.6. The minimum atomic E-state index is -0.00482. The molecule has 0 unspecified atom stereocenters. The van der Waals surface area contributed by atoms with Crippen molar-refractivity contribution < 1.29 is 4.79 Å². The van der Waals surface area contributed by atoms with Crippen molar-refractivity contribution in [3.63, 3.8) is 0 Å². The summed E-state index contributed by atoms with van der Waals surface area (Å²) in [6.45, 7) is 14.0. The van der Waals surface area contributed by atoms with Crippen LogP contribution in [0.15, 0.2) is 51.4 Å². The quantitative estimate of drug-likeness (QED) is 0.318. The van der Waals surface area contributed by atoms with E-state index < -0.39 is 0 Å². The first-order valence-electron chi connectivity index (χ1n) is 9.22. The Kier molecular flexibility index (Phi) is 5.10. The molecule has 0 fully saturated rings. The molecule has 1 aliphatic rings. The van der Waals surface area contributed by atoms with Crippen LogP contribution < -0.4 is 0 Å². The zero-order valence-corrected chi connectivity index (χ0v) is 20.0. The summed E-state index contributed by atoms with van der Waals surface area (Å²) < 4.78 is 1.84. The number of allylic oxidation sites excluding steroid dienone is 1. The summed E-state index contributed by atoms with van der Waals surface area (Å²) in [5, 5.41) is 0. The predicted octanol–water partition coefficient (Wildman–Crippen LogP) is 7.70. The first kappa shape index (κ1) is 20.5. The second-order valence-corrected chi connectivity index (χ2v) is 10.7. The van der Waals surface area contributed by atoms with Crippen LogP contribution in [0.5, 0.6) is 0 Å². The van der Waals surface area contributed by atoms with Gasteiger partial charge in [0.2, 0.25) is 0 Å². The lowest BCUT2D eigenvalue weighted by Crippen LogP contribution is -2.42. The molecule has 0 saturated carbocycles. The summed E-state index contributed by atoms with van der Waals surface area (Å²) in [6, 6.07) is 12.0. The smallest absolute Gasteiger partial charge is 0.186 e. The number of benzene rings is 2. The average molecular weight is 490 g/mol. The number of hydrogen-bond donors (Lipinski definition) is 0. The van der Waals surface area contributed by atoms with Gasteiger partial charge < -0.3 is 0 Å². The molecule has 2 aromatic carbocycles. The van der Waals surface area contributed by atoms with E-state index >= 15 is 0 Å². The number of carbonyl (C=O) groups excluding carboxylic acids is 1. The summed E-state index contributed by atoms with van der Waals surface area (Å²) in [7, 11) is 0. The van der Waals surface area contributed by atoms with Crippen LogP contribution in [-0.4, -0.2) is 5.78 Å². The van der Waals surface area contributed by atoms with E-state index in [2.05, 4.69) is 85.5 Å². The SMILES string of the molecule is CC1(C)c2cc(Br)c(/C=C/C(=O)c3ccccc3Br)cc2C(C)(C)C1(C)C. The van der Waals surface area contributed by atoms with Gasteiger partial charge in [-0.3, -0.25) is 4.79 Å². The summed E-state index contributed by atoms with van der Waals surface area (Å²) in [5.74, 6) is -0.00482. The molecule has 142 valence electrons. The zero-order valence-electron chi connectivity index (χ0n) is 16.8. The van der Waals surface area contributed by atoms with Crippen molar-refractivity contribution in [3.05, 3.63) is 73.7 Å². The highest BCUT2D eigenvalue weighted by Crippen LogP contribution is 2.62. The third-order valence-corrected chi connectivity index (χ3v) is 8.54. The fourth-order valence-corrected chi connectivity index (χ4v) is 5.08. The highest BCUT2D eigenvalue weighted by atomic mass is 79.9. The third kappa shape index (κ3) is 3.07. The number of hydrogen-bond acceptors (Lipinski definition) is 1. The zero-order chi connectivity index (χ0) is 20.2. The second-order valence-electron chi connectivity index (χ2n) is 8.97. The molecule has 1 aliphatic carbocycles. The lowest BCUT2D eigenvalue weighted by Gasteiger charge is -2.44. The molecule has 3 rings (SSSR count). The van der Waals surface area contributed by atoms with Crippen molar-refractivity contribution in [2.75, 3.05) is 0 Å². The van der Waals surface area contributed by atoms with Crippen LogP contribution in [0.25, 0.3) is 6.08 Å². The molecule has 0 spiro atoms. The van der Waals surface area contributed by atoms with E-state index in [4.69, 9.17) is 0 Å². The van der Waals surface area contributed by atoms with E-state index in [1.54, 1.807) is 6.08 Å². The lowest BCUT2D eigenvalue weighted by molar-refractivity contribution is 0.104. The number of fused-ring (bicyclic) bond motifs is 1. The van der Waals surface area contributed by atoms with Crippen molar-refractivity contribution >= 4 is 43.7 Å². The fourth-order valence-electron chi connectivity index (χ4n) is 4.12. The average Bonchev–Trinajstić information content (AvgIpc) is 2.68. The third-order valence-electron chi connectivity index (χ3n) is 7.16. The van der Waals surface area contributed by atoms with Gasteiger partial charge in [-0.1, -0.05) is 85.5 Å². The Morgan fingerprint density at radius 2 is 1.41 bits per heavy atom. The minimum absolute atomic E-state index is 0.00482. The van der Waals surface area contributed by atoms with E-state index in [-0.39, 0.29) is 22.0 Å². The van der Waals surface area contributed by atoms with Gasteiger partial charge in [-0.2, -0.15) is 0 Å². The lowest BCUT2D eigenvalue weighted by atomic mass is 9.59. The molecule has 0 atom stereocenters. The Hall–Kier alpha value is -1.19. The van der Waals surface area contributed by atoms with Gasteiger partial charge in [-0.25, -0.2) is 0 Å². The van der Waals surface area contributed by atoms with Crippen LogP contribution in [0, 0.1) is 5.41 Å². The number of ketones is 1. The Labute approximate surface area is 179 Å². The van der Waals surface area contributed by atoms with Crippen LogP contribution in [0.3, 0.4) is 0 Å². The second kappa shape index (κ2) is 6.70. The summed E-state index contributed by atoms with van der Waals surface area (Å²) >= 11 is 7.18. The van der Waals surface area contributed by atoms with E-state index in [1.165, 1.54) is 11.1 Å². The Morgan fingerprint density at radius 1 is 0.852 bits per heavy atom. The number of halogens is 2. The van der Waals surface area contributed by atoms with E-state index in [1.807, 2.05) is 30.3 Å². The van der Waals surface area contributed by atoms with E-state index in [0.717, 1.165) is 14.5 Å². The van der Waals surface area contributed by atoms with E-state index in [9.17, 15) is 4.79 Å². The van der Waals surface area contributed by atoms with Crippen LogP contribution in [-0.2, 0) is 10.8 Å². The van der Waals surface area contributed by atoms with Crippen molar-refractivity contribution in [1.82, 2.24) is 0 Å². The number of rotatable bonds is 3. The van der Waals surface area contributed by atoms with Crippen LogP contribution in [0.2, 0.25) is 0 Å². The molecule has 0 heterocycles. The van der Waals surface area contributed by atoms with Crippen molar-refractivity contribution in [3.8, 4) is 0 Å². The van der Waals surface area contributed by atoms with Crippen molar-refractivity contribution in [2.45, 2.75) is 52.4 Å². The molecular weight excluding hydrogens is 464 g/mol. The topological polar surface area (TPSA) is 17.1 Å². The maximum Gasteiger partial charge on any atom is 0.186 e. The van der Waals surface area contributed by atoms with E-state index in [0.29, 0.717) is 5.56 Å². The molecule has 27 heavy (non-hydrogen) atoms. The van der Waals surface area contributed by atoms with Crippen molar-refractivity contribution in [2.24, 2.45) is 5.41 Å². The highest BCUT2D eigenvalue weighted by Gasteiger charge is 2.56. The van der Waals surface area contributed by atoms with Gasteiger partial charge in [0.05, 0.1) is 0 Å². The Morgan fingerprint density at radius 3 is 2.00 bits per heavy atom. The molecular formula is C24H26Br2O. The number of carbonyl (C=O) groups is 1. The van der Waals surface area contributed by atoms with Gasteiger partial charge in [0.1, 0.15) is 0 Å². The van der Waals surface area contributed by atoms with Gasteiger partial charge in [-0.05, 0) is 69.4 Å². The van der Waals surface area contributed by atoms with Crippen LogP contribution >= 0.6 is 31.9 Å². The molecule has 0 N–H and O–H groups in total. The molecule has 0 bridgehead atoms. The summed E-state index contributed by atoms with van der Waals surface area (Å²) in [6.07, 6.45) is 3.57. The van der Waals surface area contributed by atoms with Gasteiger partial charge >= 0.3 is 0 Å². The van der Waals surface area contributed by atoms with Gasteiger partial charge in [0.15, 0.2) is 5.78 Å². The largest absolute Gasteiger partial charge is 0.289 e. The molecule has 0 radical (unpaired) electrons. The monoisotopic (exact) mass is 488 g/mol. The van der Waals surface area contributed by atoms with Gasteiger partial charge in [0, 0.05) is 14.5 Å². The molecule has 3 heteroatoms. The molecule has 0 aromatic heterocycles. The standard InChI is InChI=1S/C24H26Br2O/c1-22(2)17-13-15(11-12-21(27)16-9-7-8-10-19(16)25)20(26)14-18(17)23(3,4)24(22,5)6/h7-14H,1-6H3/b12-11+. The Balaban J connectivity index is 2.04. The summed E-state index contributed by atoms with van der Waals surface area (Å²) in [4.78, 5) is 12.6. The molecule has 0 aliphatic heterocycles. The maximum atomic E-state index is 12.6. The molecule has 2 aromatic rings. The highest BCUT2D eigenvalue weighted by molar-refractivity contribution is 9.10. The van der Waals surface area contributed by atoms with Crippen LogP contribution in [0.4, 0.5) is 0 Å². The first-order valence-corrected chi connectivity index (χ1v) is 10.8. The fraction of sp³-hybridized carbons (Fsp3) is 0.375. The van der Waals surface area contributed by atoms with Crippen molar-refractivity contribution in [1.29, 1.82) is 0 Å². The van der Waals surface area contributed by atoms with Gasteiger partial charge in [0.25, 0.3) is 0 Å².